The third-order valence-corrected chi connectivity index (χ3v) is 5.12. The molecule has 0 bridgehead atoms. The molecule has 1 aliphatic rings. The highest BCUT2D eigenvalue weighted by molar-refractivity contribution is 14.1. The van der Waals surface area contributed by atoms with Gasteiger partial charge in [0.1, 0.15) is 0 Å². The number of aliphatic hydroxyl groups excluding tert-OH is 1. The van der Waals surface area contributed by atoms with Crippen molar-refractivity contribution in [3.8, 4) is 0 Å². The summed E-state index contributed by atoms with van der Waals surface area (Å²) in [6.07, 6.45) is 2.97. The van der Waals surface area contributed by atoms with Crippen molar-refractivity contribution in [2.45, 2.75) is 45.1 Å². The molecule has 0 aromatic heterocycles. The van der Waals surface area contributed by atoms with Crippen molar-refractivity contribution in [3.63, 3.8) is 0 Å². The fourth-order valence-electron chi connectivity index (χ4n) is 3.14. The quantitative estimate of drug-likeness (QED) is 0.832. The Morgan fingerprint density at radius 1 is 1.25 bits per heavy atom. The zero-order valence-corrected chi connectivity index (χ0v) is 12.1. The minimum absolute atomic E-state index is 0.105. The Kier molecular flexibility index (Phi) is 3.59. The smallest absolute Gasteiger partial charge is 0.0608 e. The van der Waals surface area contributed by atoms with E-state index in [1.807, 2.05) is 0 Å². The highest BCUT2D eigenvalue weighted by Gasteiger charge is 2.52. The first-order valence-corrected chi connectivity index (χ1v) is 7.15. The Balaban J connectivity index is 2.26. The molecule has 16 heavy (non-hydrogen) atoms. The maximum atomic E-state index is 10.0. The SMILES string of the molecule is CCC1(CC)C(O)CC1c1ccc(I)cc1. The molecule has 88 valence electrons. The predicted octanol–water partition coefficient (Wildman–Crippen LogP) is 3.95. The molecule has 2 heteroatoms. The summed E-state index contributed by atoms with van der Waals surface area (Å²) in [7, 11) is 0. The van der Waals surface area contributed by atoms with Gasteiger partial charge in [-0.05, 0) is 65.5 Å². The van der Waals surface area contributed by atoms with Gasteiger partial charge in [0.25, 0.3) is 0 Å². The highest BCUT2D eigenvalue weighted by atomic mass is 127. The second kappa shape index (κ2) is 4.65. The number of halogens is 1. The third kappa shape index (κ3) is 1.80. The Bertz CT molecular complexity index is 354. The number of aliphatic hydroxyl groups is 1. The molecule has 1 aromatic rings. The van der Waals surface area contributed by atoms with Crippen molar-refractivity contribution in [2.75, 3.05) is 0 Å². The molecule has 0 heterocycles. The molecule has 1 saturated carbocycles. The van der Waals surface area contributed by atoms with Gasteiger partial charge in [-0.3, -0.25) is 0 Å². The van der Waals surface area contributed by atoms with E-state index >= 15 is 0 Å². The van der Waals surface area contributed by atoms with Gasteiger partial charge in [0, 0.05) is 8.99 Å². The van der Waals surface area contributed by atoms with E-state index in [9.17, 15) is 5.11 Å². The summed E-state index contributed by atoms with van der Waals surface area (Å²) in [5.41, 5.74) is 1.53. The molecule has 2 unspecified atom stereocenters. The van der Waals surface area contributed by atoms with Crippen LogP contribution in [0.15, 0.2) is 24.3 Å². The molecule has 0 saturated heterocycles. The first-order valence-electron chi connectivity index (χ1n) is 6.07. The van der Waals surface area contributed by atoms with Crippen molar-refractivity contribution in [3.05, 3.63) is 33.4 Å². The first-order chi connectivity index (χ1) is 7.64. The van der Waals surface area contributed by atoms with E-state index in [0.717, 1.165) is 19.3 Å². The van der Waals surface area contributed by atoms with Crippen LogP contribution in [-0.4, -0.2) is 11.2 Å². The average molecular weight is 330 g/mol. The fourth-order valence-corrected chi connectivity index (χ4v) is 3.50. The summed E-state index contributed by atoms with van der Waals surface area (Å²) in [5, 5.41) is 10.0. The molecule has 0 aliphatic heterocycles. The van der Waals surface area contributed by atoms with Crippen LogP contribution in [0, 0.1) is 8.99 Å². The lowest BCUT2D eigenvalue weighted by atomic mass is 9.53. The summed E-state index contributed by atoms with van der Waals surface area (Å²) in [6.45, 7) is 4.40. The van der Waals surface area contributed by atoms with Crippen molar-refractivity contribution in [2.24, 2.45) is 5.41 Å². The van der Waals surface area contributed by atoms with Gasteiger partial charge >= 0.3 is 0 Å². The van der Waals surface area contributed by atoms with E-state index in [4.69, 9.17) is 0 Å². The monoisotopic (exact) mass is 330 g/mol. The molecule has 2 rings (SSSR count). The second-order valence-corrected chi connectivity index (χ2v) is 6.04. The molecular formula is C14H19IO. The van der Waals surface area contributed by atoms with Crippen LogP contribution in [0.4, 0.5) is 0 Å². The first kappa shape index (κ1) is 12.4. The molecule has 1 aliphatic carbocycles. The molecule has 1 aromatic carbocycles. The summed E-state index contributed by atoms with van der Waals surface area (Å²) in [6, 6.07) is 8.77. The van der Waals surface area contributed by atoms with Gasteiger partial charge in [0.2, 0.25) is 0 Å². The molecule has 0 amide bonds. The van der Waals surface area contributed by atoms with Crippen molar-refractivity contribution < 1.29 is 5.11 Å². The summed E-state index contributed by atoms with van der Waals surface area (Å²) >= 11 is 2.33. The van der Waals surface area contributed by atoms with E-state index in [1.165, 1.54) is 9.13 Å². The normalized spacial score (nSPS) is 27.5. The van der Waals surface area contributed by atoms with Crippen molar-refractivity contribution in [1.82, 2.24) is 0 Å². The van der Waals surface area contributed by atoms with Gasteiger partial charge in [0.05, 0.1) is 6.10 Å². The molecule has 0 spiro atoms. The Morgan fingerprint density at radius 3 is 2.25 bits per heavy atom. The third-order valence-electron chi connectivity index (χ3n) is 4.41. The van der Waals surface area contributed by atoms with Crippen LogP contribution < -0.4 is 0 Å². The minimum atomic E-state index is -0.105. The summed E-state index contributed by atoms with van der Waals surface area (Å²) in [5.74, 6) is 0.550. The Labute approximate surface area is 111 Å². The van der Waals surface area contributed by atoms with Gasteiger partial charge in [-0.1, -0.05) is 26.0 Å². The van der Waals surface area contributed by atoms with E-state index < -0.39 is 0 Å². The molecule has 1 N–H and O–H groups in total. The van der Waals surface area contributed by atoms with Crippen molar-refractivity contribution in [1.29, 1.82) is 0 Å². The Hall–Kier alpha value is -0.0900. The summed E-state index contributed by atoms with van der Waals surface area (Å²) < 4.78 is 1.28. The maximum Gasteiger partial charge on any atom is 0.0608 e. The van der Waals surface area contributed by atoms with Gasteiger partial charge < -0.3 is 5.11 Å². The molecule has 0 radical (unpaired) electrons. The number of hydrogen-bond acceptors (Lipinski definition) is 1. The zero-order valence-electron chi connectivity index (χ0n) is 9.91. The van der Waals surface area contributed by atoms with E-state index in [-0.39, 0.29) is 11.5 Å². The lowest BCUT2D eigenvalue weighted by Gasteiger charge is -2.53. The van der Waals surface area contributed by atoms with E-state index in [2.05, 4.69) is 60.7 Å². The molecule has 1 nitrogen and oxygen atoms in total. The van der Waals surface area contributed by atoms with Gasteiger partial charge in [-0.15, -0.1) is 0 Å². The fraction of sp³-hybridized carbons (Fsp3) is 0.571. The molecular weight excluding hydrogens is 311 g/mol. The van der Waals surface area contributed by atoms with Crippen LogP contribution in [0.5, 0.6) is 0 Å². The lowest BCUT2D eigenvalue weighted by molar-refractivity contribution is -0.0932. The van der Waals surface area contributed by atoms with E-state index in [0.29, 0.717) is 5.92 Å². The van der Waals surface area contributed by atoms with Gasteiger partial charge in [0.15, 0.2) is 0 Å². The van der Waals surface area contributed by atoms with E-state index in [1.54, 1.807) is 0 Å². The van der Waals surface area contributed by atoms with Gasteiger partial charge in [-0.25, -0.2) is 0 Å². The second-order valence-electron chi connectivity index (χ2n) is 4.80. The predicted molar refractivity (Wildman–Crippen MR) is 75.5 cm³/mol. The Morgan fingerprint density at radius 2 is 1.81 bits per heavy atom. The lowest BCUT2D eigenvalue weighted by Crippen LogP contribution is -2.50. The zero-order chi connectivity index (χ0) is 11.8. The topological polar surface area (TPSA) is 20.2 Å². The van der Waals surface area contributed by atoms with Gasteiger partial charge in [-0.2, -0.15) is 0 Å². The number of hydrogen-bond donors (Lipinski definition) is 1. The summed E-state index contributed by atoms with van der Waals surface area (Å²) in [4.78, 5) is 0. The maximum absolute atomic E-state index is 10.0. The minimum Gasteiger partial charge on any atom is -0.393 e. The van der Waals surface area contributed by atoms with Crippen LogP contribution in [-0.2, 0) is 0 Å². The van der Waals surface area contributed by atoms with Crippen LogP contribution in [0.3, 0.4) is 0 Å². The number of rotatable bonds is 3. The molecule has 1 fully saturated rings. The number of benzene rings is 1. The van der Waals surface area contributed by atoms with Crippen LogP contribution in [0.1, 0.15) is 44.6 Å². The average Bonchev–Trinajstić information content (AvgIpc) is 2.29. The van der Waals surface area contributed by atoms with Crippen LogP contribution in [0.25, 0.3) is 0 Å². The highest BCUT2D eigenvalue weighted by Crippen LogP contribution is 2.57. The van der Waals surface area contributed by atoms with Crippen molar-refractivity contribution >= 4 is 22.6 Å². The van der Waals surface area contributed by atoms with Crippen LogP contribution >= 0.6 is 22.6 Å². The van der Waals surface area contributed by atoms with Crippen LogP contribution in [0.2, 0.25) is 0 Å². The largest absolute Gasteiger partial charge is 0.393 e. The standard InChI is InChI=1S/C14H19IO/c1-3-14(4-2)12(9-13(14)16)10-5-7-11(15)8-6-10/h5-8,12-13,16H,3-4,9H2,1-2H3. The molecule has 2 atom stereocenters.